The summed E-state index contributed by atoms with van der Waals surface area (Å²) < 4.78 is 27.4. The van der Waals surface area contributed by atoms with E-state index in [-0.39, 0.29) is 6.54 Å². The van der Waals surface area contributed by atoms with Crippen molar-refractivity contribution in [2.24, 2.45) is 0 Å². The van der Waals surface area contributed by atoms with E-state index >= 15 is 0 Å². The summed E-state index contributed by atoms with van der Waals surface area (Å²) in [5.74, 6) is 0. The van der Waals surface area contributed by atoms with E-state index in [2.05, 4.69) is 9.71 Å². The second kappa shape index (κ2) is 3.77. The number of nitrogens with one attached hydrogen (secondary N) is 2. The Morgan fingerprint density at radius 3 is 2.78 bits per heavy atom. The van der Waals surface area contributed by atoms with Crippen LogP contribution in [0, 0.1) is 0 Å². The average Bonchev–Trinajstić information content (AvgIpc) is 2.65. The van der Waals surface area contributed by atoms with E-state index in [1.54, 1.807) is 12.3 Å². The summed E-state index contributed by atoms with van der Waals surface area (Å²) in [6, 6.07) is 1.73. The van der Waals surface area contributed by atoms with Crippen LogP contribution < -0.4 is 4.72 Å². The first kappa shape index (κ1) is 12.1. The van der Waals surface area contributed by atoms with Crippen LogP contribution in [0.4, 0.5) is 5.69 Å². The molecule has 0 amide bonds. The number of hydrogen-bond donors (Lipinski definition) is 2. The van der Waals surface area contributed by atoms with Gasteiger partial charge in [0.1, 0.15) is 0 Å². The first-order chi connectivity index (χ1) is 8.40. The first-order valence-corrected chi connectivity index (χ1v) is 7.32. The Kier molecular flexibility index (Phi) is 2.54. The van der Waals surface area contributed by atoms with Crippen molar-refractivity contribution in [1.82, 2.24) is 9.29 Å². The van der Waals surface area contributed by atoms with Crippen molar-refractivity contribution in [3.8, 4) is 0 Å². The molecular weight excluding hydrogens is 297 g/mol. The molecule has 0 bridgehead atoms. The van der Waals surface area contributed by atoms with Crippen molar-refractivity contribution in [1.29, 1.82) is 0 Å². The third kappa shape index (κ3) is 1.60. The first-order valence-electron chi connectivity index (χ1n) is 5.12. The average molecular weight is 306 g/mol. The van der Waals surface area contributed by atoms with Gasteiger partial charge in [-0.05, 0) is 11.6 Å². The molecule has 0 spiro atoms. The smallest absolute Gasteiger partial charge is 0.301 e. The van der Waals surface area contributed by atoms with Gasteiger partial charge in [0, 0.05) is 25.2 Å². The lowest BCUT2D eigenvalue weighted by molar-refractivity contribution is 0.466. The summed E-state index contributed by atoms with van der Waals surface area (Å²) in [7, 11) is -1.99. The lowest BCUT2D eigenvalue weighted by Gasteiger charge is -2.26. The van der Waals surface area contributed by atoms with Crippen LogP contribution in [-0.2, 0) is 16.8 Å². The summed E-state index contributed by atoms with van der Waals surface area (Å²) in [5, 5.41) is 1.60. The van der Waals surface area contributed by atoms with Crippen LogP contribution >= 0.6 is 23.2 Å². The molecule has 0 saturated heterocycles. The molecule has 1 aliphatic heterocycles. The number of fused-ring (bicyclic) bond motifs is 3. The summed E-state index contributed by atoms with van der Waals surface area (Å²) in [6.07, 6.45) is 1.59. The molecule has 2 aromatic rings. The molecule has 0 atom stereocenters. The molecule has 0 aliphatic carbocycles. The number of aromatic nitrogens is 1. The van der Waals surface area contributed by atoms with Crippen molar-refractivity contribution < 1.29 is 8.42 Å². The van der Waals surface area contributed by atoms with Crippen LogP contribution in [0.2, 0.25) is 10.0 Å². The van der Waals surface area contributed by atoms with Crippen LogP contribution in [0.1, 0.15) is 5.56 Å². The van der Waals surface area contributed by atoms with Gasteiger partial charge in [0.2, 0.25) is 0 Å². The minimum Gasteiger partial charge on any atom is -0.358 e. The fourth-order valence-corrected chi connectivity index (χ4v) is 3.64. The zero-order chi connectivity index (χ0) is 13.1. The minimum atomic E-state index is -3.49. The third-order valence-electron chi connectivity index (χ3n) is 2.98. The van der Waals surface area contributed by atoms with Gasteiger partial charge in [0.15, 0.2) is 0 Å². The van der Waals surface area contributed by atoms with Gasteiger partial charge in [-0.15, -0.1) is 0 Å². The molecule has 2 heterocycles. The zero-order valence-electron chi connectivity index (χ0n) is 9.29. The maximum Gasteiger partial charge on any atom is 0.301 e. The van der Waals surface area contributed by atoms with E-state index in [1.807, 2.05) is 0 Å². The molecule has 0 unspecified atom stereocenters. The Morgan fingerprint density at radius 2 is 2.06 bits per heavy atom. The summed E-state index contributed by atoms with van der Waals surface area (Å²) in [6.45, 7) is 0.275. The van der Waals surface area contributed by atoms with Crippen LogP contribution in [0.25, 0.3) is 10.9 Å². The number of anilines is 1. The number of benzene rings is 1. The highest BCUT2D eigenvalue weighted by Crippen LogP contribution is 2.39. The monoisotopic (exact) mass is 305 g/mol. The van der Waals surface area contributed by atoms with Crippen LogP contribution in [-0.4, -0.2) is 24.8 Å². The quantitative estimate of drug-likeness (QED) is 0.785. The molecule has 2 N–H and O–H groups in total. The van der Waals surface area contributed by atoms with E-state index in [0.29, 0.717) is 26.6 Å². The lowest BCUT2D eigenvalue weighted by Crippen LogP contribution is -2.36. The van der Waals surface area contributed by atoms with Gasteiger partial charge in [-0.2, -0.15) is 12.7 Å². The van der Waals surface area contributed by atoms with Crippen LogP contribution in [0.15, 0.2) is 12.3 Å². The van der Waals surface area contributed by atoms with Gasteiger partial charge in [0.05, 0.1) is 21.2 Å². The molecule has 0 saturated carbocycles. The minimum absolute atomic E-state index is 0.275. The Labute approximate surface area is 114 Å². The normalized spacial score (nSPS) is 18.6. The molecular formula is C10H9Cl2N3O2S. The Morgan fingerprint density at radius 1 is 1.33 bits per heavy atom. The number of rotatable bonds is 0. The Balaban J connectivity index is 2.36. The lowest BCUT2D eigenvalue weighted by atomic mass is 10.1. The Hall–Kier alpha value is -0.950. The largest absolute Gasteiger partial charge is 0.358 e. The summed E-state index contributed by atoms with van der Waals surface area (Å²) in [5.41, 5.74) is 1.93. The van der Waals surface area contributed by atoms with Crippen LogP contribution in [0.3, 0.4) is 0 Å². The highest BCUT2D eigenvalue weighted by Gasteiger charge is 2.28. The SMILES string of the molecule is CN1Cc2cc(Cl)c3c(Cl)c[nH]c3c2NS1(=O)=O. The molecule has 1 aromatic carbocycles. The van der Waals surface area contributed by atoms with E-state index in [1.165, 1.54) is 11.4 Å². The molecule has 1 aliphatic rings. The standard InChI is InChI=1S/C10H9Cl2N3O2S/c1-15-4-5-2-6(11)8-7(12)3-13-10(8)9(5)14-18(15,16)17/h2-3,13-14H,4H2,1H3. The molecule has 1 aromatic heterocycles. The van der Waals surface area contributed by atoms with Gasteiger partial charge >= 0.3 is 10.2 Å². The number of H-pyrrole nitrogens is 1. The molecule has 3 rings (SSSR count). The maximum absolute atomic E-state index is 11.8. The number of halogens is 2. The third-order valence-corrected chi connectivity index (χ3v) is 4.99. The fraction of sp³-hybridized carbons (Fsp3) is 0.200. The van der Waals surface area contributed by atoms with E-state index in [9.17, 15) is 8.42 Å². The molecule has 5 nitrogen and oxygen atoms in total. The van der Waals surface area contributed by atoms with E-state index in [0.717, 1.165) is 5.56 Å². The van der Waals surface area contributed by atoms with Crippen molar-refractivity contribution in [2.75, 3.05) is 11.8 Å². The molecule has 8 heteroatoms. The van der Waals surface area contributed by atoms with Crippen molar-refractivity contribution in [2.45, 2.75) is 6.54 Å². The maximum atomic E-state index is 11.8. The summed E-state index contributed by atoms with van der Waals surface area (Å²) in [4.78, 5) is 2.95. The van der Waals surface area contributed by atoms with E-state index < -0.39 is 10.2 Å². The van der Waals surface area contributed by atoms with Crippen LogP contribution in [0.5, 0.6) is 0 Å². The number of nitrogens with zero attached hydrogens (tertiary/aromatic N) is 1. The number of aromatic amines is 1. The molecule has 96 valence electrons. The Bertz CT molecular complexity index is 754. The topological polar surface area (TPSA) is 65.2 Å². The highest BCUT2D eigenvalue weighted by atomic mass is 35.5. The van der Waals surface area contributed by atoms with E-state index in [4.69, 9.17) is 23.2 Å². The van der Waals surface area contributed by atoms with Gasteiger partial charge in [-0.1, -0.05) is 23.2 Å². The molecule has 0 radical (unpaired) electrons. The predicted molar refractivity (Wildman–Crippen MR) is 72.3 cm³/mol. The van der Waals surface area contributed by atoms with Gasteiger partial charge in [0.25, 0.3) is 0 Å². The molecule has 18 heavy (non-hydrogen) atoms. The van der Waals surface area contributed by atoms with Crippen molar-refractivity contribution >= 4 is 50.0 Å². The number of hydrogen-bond acceptors (Lipinski definition) is 2. The second-order valence-corrected chi connectivity index (χ2v) is 6.73. The second-order valence-electron chi connectivity index (χ2n) is 4.14. The fourth-order valence-electron chi connectivity index (χ4n) is 2.06. The predicted octanol–water partition coefficient (Wildman–Crippen LogP) is 2.58. The zero-order valence-corrected chi connectivity index (χ0v) is 11.6. The van der Waals surface area contributed by atoms with Gasteiger partial charge in [-0.25, -0.2) is 0 Å². The summed E-state index contributed by atoms with van der Waals surface area (Å²) >= 11 is 12.2. The molecule has 0 fully saturated rings. The van der Waals surface area contributed by atoms with Crippen molar-refractivity contribution in [3.05, 3.63) is 27.9 Å². The van der Waals surface area contributed by atoms with Gasteiger partial charge < -0.3 is 4.98 Å². The van der Waals surface area contributed by atoms with Crippen molar-refractivity contribution in [3.63, 3.8) is 0 Å². The van der Waals surface area contributed by atoms with Gasteiger partial charge in [-0.3, -0.25) is 4.72 Å². The highest BCUT2D eigenvalue weighted by molar-refractivity contribution is 7.90.